The van der Waals surface area contributed by atoms with Crippen LogP contribution in [0.1, 0.15) is 13.8 Å². The lowest BCUT2D eigenvalue weighted by atomic mass is 10.3. The molecular weight excluding hydrogens is 342 g/mol. The maximum Gasteiger partial charge on any atom is 0.285 e. The van der Waals surface area contributed by atoms with E-state index in [2.05, 4.69) is 9.71 Å². The first-order chi connectivity index (χ1) is 10.7. The fourth-order valence-electron chi connectivity index (χ4n) is 2.16. The van der Waals surface area contributed by atoms with Crippen molar-refractivity contribution in [3.05, 3.63) is 18.2 Å². The van der Waals surface area contributed by atoms with Crippen LogP contribution < -0.4 is 5.32 Å². The van der Waals surface area contributed by atoms with Crippen molar-refractivity contribution >= 4 is 37.8 Å². The third-order valence-corrected chi connectivity index (χ3v) is 6.31. The molecule has 0 saturated heterocycles. The largest absolute Gasteiger partial charge is 0.345 e. The summed E-state index contributed by atoms with van der Waals surface area (Å²) < 4.78 is 51.8. The number of rotatable bonds is 5. The number of anilines is 1. The van der Waals surface area contributed by atoms with Gasteiger partial charge in [-0.3, -0.25) is 4.79 Å². The van der Waals surface area contributed by atoms with Crippen molar-refractivity contribution < 1.29 is 21.6 Å². The lowest BCUT2D eigenvalue weighted by Gasteiger charge is -2.19. The van der Waals surface area contributed by atoms with Crippen LogP contribution in [0.25, 0.3) is 0 Å². The van der Waals surface area contributed by atoms with E-state index in [9.17, 15) is 21.6 Å². The van der Waals surface area contributed by atoms with E-state index in [1.807, 2.05) is 0 Å². The Morgan fingerprint density at radius 2 is 1.91 bits per heavy atom. The second-order valence-electron chi connectivity index (χ2n) is 4.84. The number of fused-ring (bicyclic) bond motifs is 1. The minimum Gasteiger partial charge on any atom is -0.345 e. The third-order valence-electron chi connectivity index (χ3n) is 3.43. The molecule has 1 amide bonds. The van der Waals surface area contributed by atoms with Crippen molar-refractivity contribution in [3.63, 3.8) is 0 Å². The zero-order chi connectivity index (χ0) is 17.3. The summed E-state index contributed by atoms with van der Waals surface area (Å²) >= 11 is 0. The van der Waals surface area contributed by atoms with Crippen molar-refractivity contribution in [2.24, 2.45) is 4.40 Å². The molecule has 0 radical (unpaired) electrons. The van der Waals surface area contributed by atoms with Gasteiger partial charge in [0.05, 0.1) is 10.6 Å². The monoisotopic (exact) mass is 359 g/mol. The van der Waals surface area contributed by atoms with E-state index in [0.717, 1.165) is 12.4 Å². The van der Waals surface area contributed by atoms with Gasteiger partial charge in [-0.05, 0) is 32.0 Å². The number of nitrogens with zero attached hydrogens (tertiary/aromatic N) is 2. The Hall–Kier alpha value is -1.94. The van der Waals surface area contributed by atoms with Crippen LogP contribution in [0.2, 0.25) is 0 Å². The first-order valence-electron chi connectivity index (χ1n) is 6.91. The number of hydrogen-bond donors (Lipinski definition) is 1. The Morgan fingerprint density at radius 1 is 1.26 bits per heavy atom. The highest BCUT2D eigenvalue weighted by atomic mass is 32.2. The smallest absolute Gasteiger partial charge is 0.285 e. The summed E-state index contributed by atoms with van der Waals surface area (Å²) in [5, 5.41) is 2.63. The molecule has 0 unspecified atom stereocenters. The Balaban J connectivity index is 2.38. The molecule has 0 spiro atoms. The first kappa shape index (κ1) is 17.4. The minimum absolute atomic E-state index is 0.223. The van der Waals surface area contributed by atoms with Crippen LogP contribution in [-0.4, -0.2) is 52.8 Å². The molecule has 0 fully saturated rings. The van der Waals surface area contributed by atoms with Gasteiger partial charge in [0.25, 0.3) is 10.0 Å². The molecule has 1 aliphatic heterocycles. The summed E-state index contributed by atoms with van der Waals surface area (Å²) in [4.78, 5) is 13.0. The first-order valence-corrected chi connectivity index (χ1v) is 10.0. The molecule has 1 N–H and O–H groups in total. The quantitative estimate of drug-likeness (QED) is 0.818. The van der Waals surface area contributed by atoms with Gasteiger partial charge in [-0.1, -0.05) is 0 Å². The summed E-state index contributed by atoms with van der Waals surface area (Å²) in [6.45, 7) is 4.32. The highest BCUT2D eigenvalue weighted by molar-refractivity contribution is 7.92. The average Bonchev–Trinajstić information content (AvgIpc) is 2.47. The summed E-state index contributed by atoms with van der Waals surface area (Å²) in [6, 6.07) is 3.64. The van der Waals surface area contributed by atoms with Gasteiger partial charge in [-0.15, -0.1) is 4.40 Å². The predicted molar refractivity (Wildman–Crippen MR) is 85.7 cm³/mol. The van der Waals surface area contributed by atoms with Crippen LogP contribution in [0.15, 0.2) is 32.4 Å². The molecule has 1 aromatic carbocycles. The van der Waals surface area contributed by atoms with Crippen molar-refractivity contribution in [1.29, 1.82) is 0 Å². The molecule has 126 valence electrons. The van der Waals surface area contributed by atoms with E-state index >= 15 is 0 Å². The van der Waals surface area contributed by atoms with Crippen LogP contribution in [0, 0.1) is 0 Å². The highest BCUT2D eigenvalue weighted by Gasteiger charge is 2.27. The minimum atomic E-state index is -3.94. The Bertz CT molecular complexity index is 856. The third kappa shape index (κ3) is 3.53. The molecule has 1 aromatic rings. The van der Waals surface area contributed by atoms with E-state index < -0.39 is 31.5 Å². The number of amides is 1. The molecule has 0 bridgehead atoms. The lowest BCUT2D eigenvalue weighted by Crippen LogP contribution is -2.35. The Labute approximate surface area is 135 Å². The number of nitrogens with one attached hydrogen (secondary N) is 1. The SMILES string of the molecule is CCN(CC)C(=O)CS(=O)(=O)c1ccc2c(c1)S(=O)(=O)N=CN2. The normalized spacial score (nSPS) is 15.6. The molecule has 1 aliphatic rings. The van der Waals surface area contributed by atoms with Crippen molar-refractivity contribution in [2.45, 2.75) is 23.6 Å². The number of carbonyl (C=O) groups excluding carboxylic acids is 1. The van der Waals surface area contributed by atoms with Gasteiger partial charge < -0.3 is 10.2 Å². The van der Waals surface area contributed by atoms with Crippen molar-refractivity contribution in [3.8, 4) is 0 Å². The topological polar surface area (TPSA) is 113 Å². The van der Waals surface area contributed by atoms with Gasteiger partial charge in [-0.25, -0.2) is 8.42 Å². The number of sulfone groups is 1. The van der Waals surface area contributed by atoms with E-state index in [-0.39, 0.29) is 15.5 Å². The van der Waals surface area contributed by atoms with Gasteiger partial charge in [0.2, 0.25) is 5.91 Å². The molecular formula is C13H17N3O5S2. The molecule has 8 nitrogen and oxygen atoms in total. The van der Waals surface area contributed by atoms with Crippen LogP contribution in [0.5, 0.6) is 0 Å². The van der Waals surface area contributed by atoms with Gasteiger partial charge in [0.15, 0.2) is 9.84 Å². The summed E-state index contributed by atoms with van der Waals surface area (Å²) in [5.74, 6) is -1.23. The van der Waals surface area contributed by atoms with Gasteiger partial charge in [-0.2, -0.15) is 8.42 Å². The summed E-state index contributed by atoms with van der Waals surface area (Å²) in [5.41, 5.74) is 0.244. The predicted octanol–water partition coefficient (Wildman–Crippen LogP) is 0.471. The molecule has 10 heteroatoms. The zero-order valence-corrected chi connectivity index (χ0v) is 14.3. The lowest BCUT2D eigenvalue weighted by molar-refractivity contribution is -0.128. The average molecular weight is 359 g/mol. The van der Waals surface area contributed by atoms with Gasteiger partial charge in [0, 0.05) is 13.1 Å². The van der Waals surface area contributed by atoms with Crippen molar-refractivity contribution in [2.75, 3.05) is 24.2 Å². The summed E-state index contributed by atoms with van der Waals surface area (Å²) in [6.07, 6.45) is 1.02. The zero-order valence-electron chi connectivity index (χ0n) is 12.7. The second-order valence-corrected chi connectivity index (χ2v) is 8.43. The van der Waals surface area contributed by atoms with Crippen LogP contribution in [-0.2, 0) is 24.7 Å². The standard InChI is InChI=1S/C13H17N3O5S2/c1-3-16(4-2)13(17)8-22(18,19)10-5-6-11-12(7-10)23(20,21)15-9-14-11/h5-7,9H,3-4,8H2,1-2H3,(H,14,15). The van der Waals surface area contributed by atoms with Crippen molar-refractivity contribution in [1.82, 2.24) is 4.90 Å². The van der Waals surface area contributed by atoms with E-state index in [1.165, 1.54) is 17.0 Å². The fourth-order valence-corrected chi connectivity index (χ4v) is 4.47. The molecule has 0 aliphatic carbocycles. The maximum absolute atomic E-state index is 12.4. The molecule has 0 atom stereocenters. The molecule has 2 rings (SSSR count). The Morgan fingerprint density at radius 3 is 2.52 bits per heavy atom. The fraction of sp³-hybridized carbons (Fsp3) is 0.385. The number of sulfonamides is 1. The van der Waals surface area contributed by atoms with E-state index in [0.29, 0.717) is 13.1 Å². The number of carbonyl (C=O) groups is 1. The number of benzene rings is 1. The van der Waals surface area contributed by atoms with Crippen LogP contribution in [0.4, 0.5) is 5.69 Å². The molecule has 0 saturated carbocycles. The highest BCUT2D eigenvalue weighted by Crippen LogP contribution is 2.28. The van der Waals surface area contributed by atoms with Crippen LogP contribution >= 0.6 is 0 Å². The van der Waals surface area contributed by atoms with E-state index in [1.54, 1.807) is 13.8 Å². The maximum atomic E-state index is 12.4. The molecule has 1 heterocycles. The molecule has 23 heavy (non-hydrogen) atoms. The number of hydrogen-bond acceptors (Lipinski definition) is 6. The van der Waals surface area contributed by atoms with Gasteiger partial charge in [0.1, 0.15) is 17.0 Å². The second kappa shape index (κ2) is 6.28. The van der Waals surface area contributed by atoms with E-state index in [4.69, 9.17) is 0 Å². The molecule has 0 aromatic heterocycles. The van der Waals surface area contributed by atoms with Gasteiger partial charge >= 0.3 is 0 Å². The Kier molecular flexibility index (Phi) is 4.76. The summed E-state index contributed by atoms with van der Waals surface area (Å²) in [7, 11) is -7.88. The van der Waals surface area contributed by atoms with Crippen LogP contribution in [0.3, 0.4) is 0 Å².